The molecule has 0 saturated heterocycles. The monoisotopic (exact) mass is 312 g/mol. The highest BCUT2D eigenvalue weighted by Crippen LogP contribution is 2.29. The van der Waals surface area contributed by atoms with Crippen LogP contribution in [0.4, 0.5) is 5.13 Å². The van der Waals surface area contributed by atoms with Gasteiger partial charge in [-0.1, -0.05) is 24.6 Å². The largest absolute Gasteiger partial charge is 0.296 e. The minimum atomic E-state index is -0.207. The lowest BCUT2D eigenvalue weighted by atomic mass is 10.2. The first kappa shape index (κ1) is 13.5. The van der Waals surface area contributed by atoms with Gasteiger partial charge in [0.25, 0.3) is 5.91 Å². The summed E-state index contributed by atoms with van der Waals surface area (Å²) in [4.78, 5) is 18.4. The maximum Gasteiger partial charge on any atom is 0.278 e. The number of hydrogen-bond acceptors (Lipinski definition) is 4. The van der Waals surface area contributed by atoms with Crippen LogP contribution in [0.5, 0.6) is 0 Å². The highest BCUT2D eigenvalue weighted by atomic mass is 32.1. The first-order valence-corrected chi connectivity index (χ1v) is 8.36. The van der Waals surface area contributed by atoms with Crippen LogP contribution in [0.2, 0.25) is 0 Å². The van der Waals surface area contributed by atoms with Crippen molar-refractivity contribution >= 4 is 33.3 Å². The number of H-pyrrole nitrogens is 1. The van der Waals surface area contributed by atoms with Gasteiger partial charge < -0.3 is 0 Å². The third-order valence-electron chi connectivity index (χ3n) is 4.00. The summed E-state index contributed by atoms with van der Waals surface area (Å²) in [6.45, 7) is 0. The molecular weight excluding hydrogens is 296 g/mol. The molecule has 22 heavy (non-hydrogen) atoms. The second-order valence-corrected chi connectivity index (χ2v) is 6.61. The second kappa shape index (κ2) is 5.53. The molecule has 2 heterocycles. The van der Waals surface area contributed by atoms with Crippen LogP contribution >= 0.6 is 11.3 Å². The zero-order valence-corrected chi connectivity index (χ0v) is 12.9. The molecule has 0 radical (unpaired) electrons. The zero-order chi connectivity index (χ0) is 14.9. The number of amides is 1. The molecule has 3 aromatic rings. The van der Waals surface area contributed by atoms with Crippen molar-refractivity contribution in [3.63, 3.8) is 0 Å². The molecule has 0 bridgehead atoms. The van der Waals surface area contributed by atoms with Crippen LogP contribution in [-0.4, -0.2) is 21.1 Å². The summed E-state index contributed by atoms with van der Waals surface area (Å²) in [6.07, 6.45) is 5.77. The van der Waals surface area contributed by atoms with Crippen molar-refractivity contribution < 1.29 is 4.79 Å². The fourth-order valence-electron chi connectivity index (χ4n) is 2.88. The van der Waals surface area contributed by atoms with E-state index in [-0.39, 0.29) is 5.91 Å². The third-order valence-corrected chi connectivity index (χ3v) is 5.07. The quantitative estimate of drug-likeness (QED) is 0.711. The number of anilines is 1. The molecule has 5 nitrogen and oxygen atoms in total. The number of rotatable bonds is 2. The predicted octanol–water partition coefficient (Wildman–Crippen LogP) is 3.54. The van der Waals surface area contributed by atoms with Crippen molar-refractivity contribution in [1.29, 1.82) is 0 Å². The van der Waals surface area contributed by atoms with E-state index in [1.165, 1.54) is 24.1 Å². The van der Waals surface area contributed by atoms with Crippen molar-refractivity contribution in [1.82, 2.24) is 15.2 Å². The third kappa shape index (κ3) is 2.39. The van der Waals surface area contributed by atoms with Gasteiger partial charge in [0.05, 0.1) is 11.2 Å². The van der Waals surface area contributed by atoms with E-state index in [9.17, 15) is 4.79 Å². The van der Waals surface area contributed by atoms with Crippen LogP contribution in [-0.2, 0) is 12.8 Å². The van der Waals surface area contributed by atoms with Crippen LogP contribution in [0, 0.1) is 0 Å². The Morgan fingerprint density at radius 3 is 3.00 bits per heavy atom. The molecule has 6 heteroatoms. The zero-order valence-electron chi connectivity index (χ0n) is 12.1. The van der Waals surface area contributed by atoms with Gasteiger partial charge >= 0.3 is 0 Å². The maximum atomic E-state index is 12.4. The van der Waals surface area contributed by atoms with Crippen LogP contribution in [0.1, 0.15) is 40.3 Å². The Bertz CT molecular complexity index is 812. The van der Waals surface area contributed by atoms with E-state index >= 15 is 0 Å². The smallest absolute Gasteiger partial charge is 0.278 e. The lowest BCUT2D eigenvalue weighted by Gasteiger charge is -1.99. The number of aromatic nitrogens is 3. The lowest BCUT2D eigenvalue weighted by Crippen LogP contribution is -2.12. The molecule has 0 unspecified atom stereocenters. The lowest BCUT2D eigenvalue weighted by molar-refractivity contribution is 0.102. The summed E-state index contributed by atoms with van der Waals surface area (Å²) in [5.41, 5.74) is 2.44. The second-order valence-electron chi connectivity index (χ2n) is 5.52. The molecule has 0 fully saturated rings. The Morgan fingerprint density at radius 1 is 1.18 bits per heavy atom. The van der Waals surface area contributed by atoms with Gasteiger partial charge in [0, 0.05) is 10.3 Å². The molecule has 1 aliphatic carbocycles. The van der Waals surface area contributed by atoms with Crippen molar-refractivity contribution in [2.45, 2.75) is 32.1 Å². The van der Waals surface area contributed by atoms with Crippen LogP contribution in [0.3, 0.4) is 0 Å². The highest BCUT2D eigenvalue weighted by molar-refractivity contribution is 7.15. The fourth-order valence-corrected chi connectivity index (χ4v) is 3.92. The summed E-state index contributed by atoms with van der Waals surface area (Å²) in [7, 11) is 0. The Morgan fingerprint density at radius 2 is 2.05 bits per heavy atom. The van der Waals surface area contributed by atoms with E-state index in [1.807, 2.05) is 24.3 Å². The average Bonchev–Trinajstić information content (AvgIpc) is 3.05. The normalized spacial score (nSPS) is 14.5. The molecule has 112 valence electrons. The molecule has 0 spiro atoms. The molecule has 0 aliphatic heterocycles. The molecule has 1 amide bonds. The van der Waals surface area contributed by atoms with Gasteiger partial charge in [0.2, 0.25) is 0 Å². The van der Waals surface area contributed by atoms with Crippen molar-refractivity contribution in [2.75, 3.05) is 5.32 Å². The van der Waals surface area contributed by atoms with E-state index in [1.54, 1.807) is 11.3 Å². The van der Waals surface area contributed by atoms with Gasteiger partial charge in [-0.2, -0.15) is 5.10 Å². The van der Waals surface area contributed by atoms with E-state index in [4.69, 9.17) is 0 Å². The minimum absolute atomic E-state index is 0.207. The van der Waals surface area contributed by atoms with Gasteiger partial charge in [0.15, 0.2) is 10.8 Å². The number of benzene rings is 1. The van der Waals surface area contributed by atoms with Gasteiger partial charge in [-0.05, 0) is 31.7 Å². The Hall–Kier alpha value is -2.21. The topological polar surface area (TPSA) is 70.7 Å². The Labute approximate surface area is 131 Å². The van der Waals surface area contributed by atoms with Crippen molar-refractivity contribution in [2.24, 2.45) is 0 Å². The molecule has 2 aromatic heterocycles. The van der Waals surface area contributed by atoms with E-state index in [0.29, 0.717) is 10.8 Å². The van der Waals surface area contributed by atoms with Crippen molar-refractivity contribution in [3.05, 3.63) is 40.5 Å². The molecule has 4 rings (SSSR count). The molecule has 0 atom stereocenters. The SMILES string of the molecule is O=C(Nc1nc2c(s1)CCCCC2)c1n[nH]c2ccccc12. The van der Waals surface area contributed by atoms with Gasteiger partial charge in [-0.3, -0.25) is 15.2 Å². The first-order valence-electron chi connectivity index (χ1n) is 7.54. The summed E-state index contributed by atoms with van der Waals surface area (Å²) < 4.78 is 0. The fraction of sp³-hybridized carbons (Fsp3) is 0.312. The predicted molar refractivity (Wildman–Crippen MR) is 87.4 cm³/mol. The van der Waals surface area contributed by atoms with Gasteiger partial charge in [-0.25, -0.2) is 4.98 Å². The number of aromatic amines is 1. The van der Waals surface area contributed by atoms with Gasteiger partial charge in [0.1, 0.15) is 0 Å². The number of fused-ring (bicyclic) bond motifs is 2. The molecule has 1 aromatic carbocycles. The summed E-state index contributed by atoms with van der Waals surface area (Å²) in [5.74, 6) is -0.207. The molecule has 0 saturated carbocycles. The molecular formula is C16H16N4OS. The number of carbonyl (C=O) groups excluding carboxylic acids is 1. The van der Waals surface area contributed by atoms with Crippen molar-refractivity contribution in [3.8, 4) is 0 Å². The molecule has 2 N–H and O–H groups in total. The number of thiazole rings is 1. The highest BCUT2D eigenvalue weighted by Gasteiger charge is 2.18. The Balaban J connectivity index is 1.59. The average molecular weight is 312 g/mol. The number of nitrogens with zero attached hydrogens (tertiary/aromatic N) is 2. The number of hydrogen-bond donors (Lipinski definition) is 2. The van der Waals surface area contributed by atoms with E-state index < -0.39 is 0 Å². The number of nitrogens with one attached hydrogen (secondary N) is 2. The summed E-state index contributed by atoms with van der Waals surface area (Å²) in [6, 6.07) is 7.62. The summed E-state index contributed by atoms with van der Waals surface area (Å²) in [5, 5.41) is 11.4. The number of carbonyl (C=O) groups is 1. The summed E-state index contributed by atoms with van der Waals surface area (Å²) >= 11 is 1.60. The van der Waals surface area contributed by atoms with Crippen LogP contribution < -0.4 is 5.32 Å². The van der Waals surface area contributed by atoms with Crippen LogP contribution in [0.25, 0.3) is 10.9 Å². The maximum absolute atomic E-state index is 12.4. The minimum Gasteiger partial charge on any atom is -0.296 e. The van der Waals surface area contributed by atoms with Crippen LogP contribution in [0.15, 0.2) is 24.3 Å². The standard InChI is InChI=1S/C16H16N4OS/c21-15(14-10-6-4-5-7-11(10)19-20-14)18-16-17-12-8-2-1-3-9-13(12)22-16/h4-7H,1-3,8-9H2,(H,19,20)(H,17,18,21). The Kier molecular flexibility index (Phi) is 3.38. The van der Waals surface area contributed by atoms with Gasteiger partial charge in [-0.15, -0.1) is 11.3 Å². The van der Waals surface area contributed by atoms with E-state index in [0.717, 1.165) is 29.4 Å². The van der Waals surface area contributed by atoms with E-state index in [2.05, 4.69) is 20.5 Å². The first-order chi connectivity index (χ1) is 10.8. The molecule has 1 aliphatic rings. The number of aryl methyl sites for hydroxylation is 2. The number of para-hydroxylation sites is 1.